The van der Waals surface area contributed by atoms with Crippen LogP contribution in [0.1, 0.15) is 27.1 Å². The Morgan fingerprint density at radius 2 is 1.74 bits per heavy atom. The van der Waals surface area contributed by atoms with Gasteiger partial charge in [-0.25, -0.2) is 14.7 Å². The number of fused-ring (bicyclic) bond motifs is 1. The highest BCUT2D eigenvalue weighted by molar-refractivity contribution is 8.00. The zero-order chi connectivity index (χ0) is 29.2. The summed E-state index contributed by atoms with van der Waals surface area (Å²) in [6.45, 7) is -0.446. The highest BCUT2D eigenvalue weighted by Gasteiger charge is 2.41. The molecule has 0 N–H and O–H groups in total. The number of carbonyl (C=O) groups excluding carboxylic acids is 4. The van der Waals surface area contributed by atoms with Crippen LogP contribution in [0.4, 0.5) is 5.69 Å². The number of halogens is 1. The van der Waals surface area contributed by atoms with Crippen LogP contribution in [0.15, 0.2) is 94.6 Å². The number of anilines is 1. The van der Waals surface area contributed by atoms with E-state index < -0.39 is 29.6 Å². The fourth-order valence-corrected chi connectivity index (χ4v) is 5.40. The van der Waals surface area contributed by atoms with Gasteiger partial charge in [-0.05, 0) is 60.7 Å². The third-order valence-corrected chi connectivity index (χ3v) is 7.72. The zero-order valence-corrected chi connectivity index (χ0v) is 23.2. The van der Waals surface area contributed by atoms with Gasteiger partial charge in [-0.1, -0.05) is 41.6 Å². The van der Waals surface area contributed by atoms with Gasteiger partial charge in [-0.15, -0.1) is 5.10 Å². The minimum absolute atomic E-state index is 0.0572. The van der Waals surface area contributed by atoms with Gasteiger partial charge in [0.25, 0.3) is 0 Å². The molecular weight excluding hydrogens is 580 g/mol. The van der Waals surface area contributed by atoms with Crippen molar-refractivity contribution >= 4 is 63.6 Å². The van der Waals surface area contributed by atoms with Crippen LogP contribution in [0.2, 0.25) is 5.02 Å². The van der Waals surface area contributed by atoms with Crippen molar-refractivity contribution in [3.63, 3.8) is 0 Å². The number of ketones is 1. The first kappa shape index (κ1) is 27.3. The van der Waals surface area contributed by atoms with Crippen LogP contribution in [-0.2, 0) is 14.3 Å². The molecule has 0 bridgehead atoms. The van der Waals surface area contributed by atoms with Crippen molar-refractivity contribution in [3.8, 4) is 11.5 Å². The minimum Gasteiger partial charge on any atom is -0.454 e. The molecule has 42 heavy (non-hydrogen) atoms. The first-order valence-corrected chi connectivity index (χ1v) is 13.9. The van der Waals surface area contributed by atoms with E-state index in [4.69, 9.17) is 20.8 Å². The number of Topliss-reactive ketones (excluding diaryl/α,β-unsaturated/α-hetero) is 1. The lowest BCUT2D eigenvalue weighted by atomic mass is 10.1. The van der Waals surface area contributed by atoms with Gasteiger partial charge >= 0.3 is 5.97 Å². The Morgan fingerprint density at radius 1 is 1.00 bits per heavy atom. The molecule has 10 nitrogen and oxygen atoms in total. The van der Waals surface area contributed by atoms with E-state index in [1.165, 1.54) is 30.5 Å². The highest BCUT2D eigenvalue weighted by Crippen LogP contribution is 2.34. The summed E-state index contributed by atoms with van der Waals surface area (Å²) >= 11 is 6.87. The number of para-hydroxylation sites is 1. The smallest absolute Gasteiger partial charge is 0.338 e. The normalized spacial score (nSPS) is 14.9. The fourth-order valence-electron chi connectivity index (χ4n) is 4.34. The summed E-state index contributed by atoms with van der Waals surface area (Å²) in [4.78, 5) is 56.3. The van der Waals surface area contributed by atoms with Gasteiger partial charge in [-0.2, -0.15) is 5.10 Å². The number of nitrogens with zero attached hydrogens (tertiary/aromatic N) is 4. The van der Waals surface area contributed by atoms with Crippen molar-refractivity contribution in [2.75, 3.05) is 11.5 Å². The maximum absolute atomic E-state index is 13.2. The van der Waals surface area contributed by atoms with Crippen molar-refractivity contribution in [1.82, 2.24) is 15.2 Å². The maximum atomic E-state index is 13.2. The molecular formula is C30H19ClN4O6S. The van der Waals surface area contributed by atoms with Gasteiger partial charge in [0.05, 0.1) is 17.4 Å². The summed E-state index contributed by atoms with van der Waals surface area (Å²) in [5.41, 5.74) is 1.99. The fraction of sp³-hybridized carbons (Fsp3) is 0.100. The van der Waals surface area contributed by atoms with E-state index in [0.717, 1.165) is 22.0 Å². The molecule has 1 fully saturated rings. The number of carbonyl (C=O) groups is 4. The van der Waals surface area contributed by atoms with Crippen molar-refractivity contribution in [2.24, 2.45) is 0 Å². The molecule has 3 aromatic carbocycles. The van der Waals surface area contributed by atoms with Crippen molar-refractivity contribution < 1.29 is 28.3 Å². The molecule has 3 heterocycles. The van der Waals surface area contributed by atoms with Crippen LogP contribution in [0, 0.1) is 0 Å². The van der Waals surface area contributed by atoms with E-state index in [2.05, 4.69) is 15.2 Å². The van der Waals surface area contributed by atoms with E-state index in [1.54, 1.807) is 24.3 Å². The predicted molar refractivity (Wildman–Crippen MR) is 154 cm³/mol. The lowest BCUT2D eigenvalue weighted by Gasteiger charge is -2.15. The Bertz CT molecular complexity index is 1810. The minimum atomic E-state index is -0.756. The number of rotatable bonds is 8. The van der Waals surface area contributed by atoms with Crippen LogP contribution >= 0.6 is 23.4 Å². The quantitative estimate of drug-likeness (QED) is 0.130. The molecule has 0 aliphatic carbocycles. The third-order valence-electron chi connectivity index (χ3n) is 6.43. The monoisotopic (exact) mass is 598 g/mol. The number of thioether (sulfide) groups is 1. The number of aromatic nitrogens is 3. The molecule has 12 heteroatoms. The van der Waals surface area contributed by atoms with E-state index in [1.807, 2.05) is 30.3 Å². The molecule has 5 aromatic rings. The lowest BCUT2D eigenvalue weighted by Crippen LogP contribution is -2.31. The molecule has 0 spiro atoms. The molecule has 1 atom stereocenters. The average Bonchev–Trinajstić information content (AvgIpc) is 3.56. The van der Waals surface area contributed by atoms with Gasteiger partial charge in [0.2, 0.25) is 17.0 Å². The van der Waals surface area contributed by atoms with Crippen molar-refractivity contribution in [1.29, 1.82) is 0 Å². The molecule has 1 saturated heterocycles. The van der Waals surface area contributed by atoms with Gasteiger partial charge in [-0.3, -0.25) is 14.4 Å². The Balaban J connectivity index is 1.10. The third kappa shape index (κ3) is 5.65. The number of hydrogen-bond donors (Lipinski definition) is 0. The van der Waals surface area contributed by atoms with Crippen LogP contribution in [0.5, 0.6) is 0 Å². The van der Waals surface area contributed by atoms with Crippen LogP contribution in [0.3, 0.4) is 0 Å². The number of benzene rings is 3. The summed E-state index contributed by atoms with van der Waals surface area (Å²) in [6.07, 6.45) is 1.41. The standard InChI is InChI=1S/C30H19ClN4O6S/c31-20-9-5-17(6-10-20)23(36)16-40-29(39)18-7-11-21(12-8-18)35-27(37)14-26(28(35)38)42-30-33-22(15-32-34-30)25-13-19-3-1-2-4-24(19)41-25/h1-13,15,26H,14,16H2. The molecule has 1 aliphatic heterocycles. The second kappa shape index (κ2) is 11.6. The molecule has 0 radical (unpaired) electrons. The van der Waals surface area contributed by atoms with Crippen molar-refractivity contribution in [2.45, 2.75) is 16.8 Å². The summed E-state index contributed by atoms with van der Waals surface area (Å²) < 4.78 is 11.0. The van der Waals surface area contributed by atoms with Crippen LogP contribution < -0.4 is 4.90 Å². The summed E-state index contributed by atoms with van der Waals surface area (Å²) in [5, 5.41) is 8.89. The Labute approximate surface area is 247 Å². The van der Waals surface area contributed by atoms with E-state index >= 15 is 0 Å². The second-order valence-corrected chi connectivity index (χ2v) is 10.8. The number of amides is 2. The van der Waals surface area contributed by atoms with Gasteiger partial charge in [0.15, 0.2) is 18.2 Å². The number of esters is 1. The SMILES string of the molecule is O=C(COC(=O)c1ccc(N2C(=O)CC(Sc3nncc(-c4cc5ccccc5o4)n3)C2=O)cc1)c1ccc(Cl)cc1. The molecule has 0 saturated carbocycles. The zero-order valence-electron chi connectivity index (χ0n) is 21.6. The largest absolute Gasteiger partial charge is 0.454 e. The first-order chi connectivity index (χ1) is 20.4. The summed E-state index contributed by atoms with van der Waals surface area (Å²) in [5.74, 6) is -1.42. The molecule has 1 unspecified atom stereocenters. The predicted octanol–water partition coefficient (Wildman–Crippen LogP) is 5.40. The Hall–Kier alpha value is -4.87. The Kier molecular flexibility index (Phi) is 7.51. The molecule has 6 rings (SSSR count). The molecule has 2 amide bonds. The van der Waals surface area contributed by atoms with E-state index in [-0.39, 0.29) is 22.9 Å². The number of imide groups is 1. The average molecular weight is 599 g/mol. The lowest BCUT2D eigenvalue weighted by molar-refractivity contribution is -0.121. The highest BCUT2D eigenvalue weighted by atomic mass is 35.5. The Morgan fingerprint density at radius 3 is 2.50 bits per heavy atom. The van der Waals surface area contributed by atoms with Gasteiger partial charge in [0.1, 0.15) is 16.5 Å². The van der Waals surface area contributed by atoms with E-state index in [0.29, 0.717) is 33.3 Å². The summed E-state index contributed by atoms with van der Waals surface area (Å²) in [6, 6.07) is 21.4. The molecule has 1 aliphatic rings. The van der Waals surface area contributed by atoms with Crippen LogP contribution in [0.25, 0.3) is 22.4 Å². The van der Waals surface area contributed by atoms with Crippen molar-refractivity contribution in [3.05, 3.63) is 101 Å². The first-order valence-electron chi connectivity index (χ1n) is 12.6. The topological polar surface area (TPSA) is 133 Å². The molecule has 2 aromatic heterocycles. The number of furan rings is 1. The van der Waals surface area contributed by atoms with Gasteiger partial charge in [0, 0.05) is 22.4 Å². The number of ether oxygens (including phenoxy) is 1. The van der Waals surface area contributed by atoms with Crippen LogP contribution in [-0.4, -0.2) is 50.6 Å². The second-order valence-electron chi connectivity index (χ2n) is 9.20. The number of hydrogen-bond acceptors (Lipinski definition) is 10. The van der Waals surface area contributed by atoms with Gasteiger partial charge < -0.3 is 9.15 Å². The summed E-state index contributed by atoms with van der Waals surface area (Å²) in [7, 11) is 0. The maximum Gasteiger partial charge on any atom is 0.338 e. The van der Waals surface area contributed by atoms with E-state index in [9.17, 15) is 19.2 Å². The molecule has 208 valence electrons.